The summed E-state index contributed by atoms with van der Waals surface area (Å²) in [5.74, 6) is -1.50. The average Bonchev–Trinajstić information content (AvgIpc) is 2.49. The average molecular weight is 322 g/mol. The van der Waals surface area contributed by atoms with Gasteiger partial charge in [0.05, 0.1) is 12.1 Å². The number of nitrogens with zero attached hydrogens (tertiary/aromatic N) is 1. The topological polar surface area (TPSA) is 69.9 Å². The Morgan fingerprint density at radius 2 is 1.82 bits per heavy atom. The first-order chi connectivity index (χ1) is 10.5. The summed E-state index contributed by atoms with van der Waals surface area (Å²) in [5, 5.41) is 21.2. The van der Waals surface area contributed by atoms with Gasteiger partial charge in [-0.15, -0.1) is 0 Å². The number of hydrogen-bond acceptors (Lipinski definition) is 3. The Labute approximate surface area is 131 Å². The van der Waals surface area contributed by atoms with Gasteiger partial charge in [0.2, 0.25) is 0 Å². The van der Waals surface area contributed by atoms with Crippen LogP contribution in [0, 0.1) is 5.82 Å². The molecule has 0 unspecified atom stereocenters. The van der Waals surface area contributed by atoms with E-state index in [-0.39, 0.29) is 18.6 Å². The van der Waals surface area contributed by atoms with E-state index in [0.29, 0.717) is 21.7 Å². The van der Waals surface area contributed by atoms with Crippen LogP contribution in [0.25, 0.3) is 11.1 Å². The van der Waals surface area contributed by atoms with Crippen molar-refractivity contribution in [3.8, 4) is 11.1 Å². The Balaban J connectivity index is 2.29. The molecule has 0 saturated heterocycles. The van der Waals surface area contributed by atoms with E-state index in [1.807, 2.05) is 0 Å². The second kappa shape index (κ2) is 7.04. The first kappa shape index (κ1) is 16.0. The lowest BCUT2D eigenvalue weighted by molar-refractivity contribution is -0.136. The van der Waals surface area contributed by atoms with Crippen LogP contribution in [0.3, 0.4) is 0 Å². The fourth-order valence-electron chi connectivity index (χ4n) is 2.04. The molecule has 0 atom stereocenters. The summed E-state index contributed by atoms with van der Waals surface area (Å²) >= 11 is 5.80. The Hall–Kier alpha value is -2.40. The molecule has 4 nitrogen and oxygen atoms in total. The van der Waals surface area contributed by atoms with Crippen LogP contribution in [0.5, 0.6) is 0 Å². The molecule has 6 heteroatoms. The monoisotopic (exact) mass is 321 g/mol. The number of benzene rings is 2. The highest BCUT2D eigenvalue weighted by Gasteiger charge is 2.12. The molecule has 2 aromatic rings. The van der Waals surface area contributed by atoms with E-state index < -0.39 is 11.8 Å². The molecule has 2 N–H and O–H groups in total. The molecule has 2 rings (SSSR count). The second-order valence-corrected chi connectivity index (χ2v) is 5.08. The van der Waals surface area contributed by atoms with E-state index in [1.165, 1.54) is 6.07 Å². The molecule has 114 valence electrons. The quantitative estimate of drug-likeness (QED) is 0.493. The Bertz CT molecular complexity index is 714. The molecule has 0 amide bonds. The largest absolute Gasteiger partial charge is 0.481 e. The highest BCUT2D eigenvalue weighted by Crippen LogP contribution is 2.25. The third-order valence-corrected chi connectivity index (χ3v) is 3.41. The van der Waals surface area contributed by atoms with Gasteiger partial charge in [0.1, 0.15) is 5.82 Å². The van der Waals surface area contributed by atoms with Gasteiger partial charge in [-0.25, -0.2) is 4.39 Å². The van der Waals surface area contributed by atoms with E-state index in [4.69, 9.17) is 21.9 Å². The third-order valence-electron chi connectivity index (χ3n) is 3.15. The zero-order chi connectivity index (χ0) is 16.1. The van der Waals surface area contributed by atoms with Gasteiger partial charge in [-0.05, 0) is 23.8 Å². The van der Waals surface area contributed by atoms with Crippen molar-refractivity contribution in [1.29, 1.82) is 0 Å². The van der Waals surface area contributed by atoms with Crippen molar-refractivity contribution in [3.05, 3.63) is 58.9 Å². The van der Waals surface area contributed by atoms with Crippen molar-refractivity contribution in [3.63, 3.8) is 0 Å². The number of rotatable bonds is 5. The van der Waals surface area contributed by atoms with Gasteiger partial charge in [0, 0.05) is 22.6 Å². The van der Waals surface area contributed by atoms with Gasteiger partial charge in [-0.2, -0.15) is 0 Å². The molecule has 0 fully saturated rings. The van der Waals surface area contributed by atoms with Crippen LogP contribution >= 0.6 is 11.6 Å². The highest BCUT2D eigenvalue weighted by molar-refractivity contribution is 6.30. The van der Waals surface area contributed by atoms with Crippen LogP contribution in [0.4, 0.5) is 4.39 Å². The maximum Gasteiger partial charge on any atom is 0.303 e. The molecule has 0 saturated carbocycles. The van der Waals surface area contributed by atoms with Gasteiger partial charge < -0.3 is 10.3 Å². The molecule has 0 aliphatic heterocycles. The van der Waals surface area contributed by atoms with Crippen LogP contribution in [0.2, 0.25) is 5.02 Å². The predicted molar refractivity (Wildman–Crippen MR) is 82.0 cm³/mol. The zero-order valence-corrected chi connectivity index (χ0v) is 12.2. The van der Waals surface area contributed by atoms with Gasteiger partial charge >= 0.3 is 5.97 Å². The molecule has 0 aromatic heterocycles. The lowest BCUT2D eigenvalue weighted by atomic mass is 10.00. The number of carboxylic acids is 1. The van der Waals surface area contributed by atoms with Crippen molar-refractivity contribution in [2.45, 2.75) is 12.8 Å². The van der Waals surface area contributed by atoms with Crippen molar-refractivity contribution in [2.24, 2.45) is 5.16 Å². The lowest BCUT2D eigenvalue weighted by Crippen LogP contribution is -2.06. The summed E-state index contributed by atoms with van der Waals surface area (Å²) in [5.41, 5.74) is 1.53. The number of carboxylic acid groups (broad SMARTS) is 1. The van der Waals surface area contributed by atoms with E-state index in [1.54, 1.807) is 36.4 Å². The zero-order valence-electron chi connectivity index (χ0n) is 11.5. The maximum absolute atomic E-state index is 14.2. The molecular weight excluding hydrogens is 309 g/mol. The number of oxime groups is 1. The van der Waals surface area contributed by atoms with Crippen LogP contribution < -0.4 is 0 Å². The van der Waals surface area contributed by atoms with Crippen molar-refractivity contribution >= 4 is 23.3 Å². The van der Waals surface area contributed by atoms with E-state index >= 15 is 0 Å². The summed E-state index contributed by atoms with van der Waals surface area (Å²) in [6.45, 7) is 0. The molecule has 0 aliphatic carbocycles. The van der Waals surface area contributed by atoms with Gasteiger partial charge in [-0.1, -0.05) is 41.0 Å². The lowest BCUT2D eigenvalue weighted by Gasteiger charge is -2.08. The summed E-state index contributed by atoms with van der Waals surface area (Å²) in [7, 11) is 0. The molecule has 0 radical (unpaired) electrons. The Morgan fingerprint density at radius 1 is 1.14 bits per heavy atom. The van der Waals surface area contributed by atoms with Crippen LogP contribution in [-0.4, -0.2) is 22.0 Å². The van der Waals surface area contributed by atoms with E-state index in [0.717, 1.165) is 0 Å². The fraction of sp³-hybridized carbons (Fsp3) is 0.125. The number of aliphatic carboxylic acids is 1. The van der Waals surface area contributed by atoms with Crippen LogP contribution in [0.15, 0.2) is 47.6 Å². The summed E-state index contributed by atoms with van der Waals surface area (Å²) in [4.78, 5) is 10.6. The van der Waals surface area contributed by atoms with Crippen molar-refractivity contribution < 1.29 is 19.5 Å². The number of carbonyl (C=O) groups is 1. The first-order valence-electron chi connectivity index (χ1n) is 6.50. The molecule has 0 bridgehead atoms. The SMILES string of the molecule is O=C(O)CC/C(=N\O)c1ccc(-c2ccc(Cl)cc2)c(F)c1. The second-order valence-electron chi connectivity index (χ2n) is 4.64. The molecule has 2 aromatic carbocycles. The van der Waals surface area contributed by atoms with E-state index in [2.05, 4.69) is 5.16 Å². The minimum Gasteiger partial charge on any atom is -0.481 e. The standard InChI is InChI=1S/C16H13ClFNO3/c17-12-4-1-10(2-5-12)13-6-3-11(9-14(13)18)15(19-22)7-8-16(20)21/h1-6,9,22H,7-8H2,(H,20,21)/b19-15+. The molecule has 0 spiro atoms. The molecule has 22 heavy (non-hydrogen) atoms. The number of halogens is 2. The maximum atomic E-state index is 14.2. The van der Waals surface area contributed by atoms with Gasteiger partial charge in [0.15, 0.2) is 0 Å². The van der Waals surface area contributed by atoms with E-state index in [9.17, 15) is 9.18 Å². The molecule has 0 aliphatic rings. The fourth-order valence-corrected chi connectivity index (χ4v) is 2.16. The minimum atomic E-state index is -1.01. The third kappa shape index (κ3) is 3.83. The Kier molecular flexibility index (Phi) is 5.12. The summed E-state index contributed by atoms with van der Waals surface area (Å²) in [6, 6.07) is 11.1. The van der Waals surface area contributed by atoms with Crippen LogP contribution in [-0.2, 0) is 4.79 Å². The first-order valence-corrected chi connectivity index (χ1v) is 6.87. The van der Waals surface area contributed by atoms with Gasteiger partial charge in [-0.3, -0.25) is 4.79 Å². The summed E-state index contributed by atoms with van der Waals surface area (Å²) in [6.07, 6.45) is -0.175. The Morgan fingerprint density at radius 3 is 2.36 bits per heavy atom. The molecular formula is C16H13ClFNO3. The smallest absolute Gasteiger partial charge is 0.303 e. The predicted octanol–water partition coefficient (Wildman–Crippen LogP) is 4.19. The highest BCUT2D eigenvalue weighted by atomic mass is 35.5. The minimum absolute atomic E-state index is 0.0194. The molecule has 0 heterocycles. The van der Waals surface area contributed by atoms with Crippen LogP contribution in [0.1, 0.15) is 18.4 Å². The number of hydrogen-bond donors (Lipinski definition) is 2. The van der Waals surface area contributed by atoms with Gasteiger partial charge in [0.25, 0.3) is 0 Å². The summed E-state index contributed by atoms with van der Waals surface area (Å²) < 4.78 is 14.2. The van der Waals surface area contributed by atoms with Crippen molar-refractivity contribution in [2.75, 3.05) is 0 Å². The normalized spacial score (nSPS) is 11.5. The van der Waals surface area contributed by atoms with Crippen molar-refractivity contribution in [1.82, 2.24) is 0 Å².